The number of hydrogen-bond acceptors (Lipinski definition) is 6. The van der Waals surface area contributed by atoms with E-state index in [2.05, 4.69) is 0 Å². The molecule has 0 spiro atoms. The first-order chi connectivity index (χ1) is 8.03. The zero-order valence-corrected chi connectivity index (χ0v) is 8.57. The third-order valence-corrected chi connectivity index (χ3v) is 2.32. The van der Waals surface area contributed by atoms with Gasteiger partial charge in [0.1, 0.15) is 5.75 Å². The summed E-state index contributed by atoms with van der Waals surface area (Å²) in [6, 6.07) is 5.30. The Balaban J connectivity index is 1.96. The van der Waals surface area contributed by atoms with Gasteiger partial charge in [-0.25, -0.2) is 0 Å². The molecule has 0 aliphatic carbocycles. The van der Waals surface area contributed by atoms with E-state index in [0.717, 1.165) is 0 Å². The normalized spacial score (nSPS) is 21.9. The van der Waals surface area contributed by atoms with Crippen LogP contribution in [0, 0.1) is 20.2 Å². The minimum Gasteiger partial charge on any atom is -0.483 e. The van der Waals surface area contributed by atoms with Crippen LogP contribution >= 0.6 is 0 Å². The molecule has 8 heteroatoms. The van der Waals surface area contributed by atoms with E-state index in [0.29, 0.717) is 5.75 Å². The van der Waals surface area contributed by atoms with E-state index in [4.69, 9.17) is 9.47 Å². The second kappa shape index (κ2) is 3.98. The van der Waals surface area contributed by atoms with Crippen LogP contribution in [0.25, 0.3) is 0 Å². The van der Waals surface area contributed by atoms with Crippen molar-refractivity contribution < 1.29 is 19.3 Å². The van der Waals surface area contributed by atoms with Gasteiger partial charge in [-0.05, 0) is 12.1 Å². The molecule has 1 aromatic carbocycles. The standard InChI is InChI=1S/C9H8N2O6/c12-10(13)7-1-3-8(4-2-7)16-5-9(6-17-9)11(14)15/h1-4H,5-6H2/t9-/m0/s1. The smallest absolute Gasteiger partial charge is 0.382 e. The number of epoxide rings is 1. The third kappa shape index (κ3) is 2.31. The van der Waals surface area contributed by atoms with Gasteiger partial charge in [-0.2, -0.15) is 0 Å². The van der Waals surface area contributed by atoms with Crippen molar-refractivity contribution in [2.24, 2.45) is 0 Å². The molecule has 1 aliphatic rings. The lowest BCUT2D eigenvalue weighted by atomic mass is 10.3. The van der Waals surface area contributed by atoms with Gasteiger partial charge in [0.15, 0.2) is 13.2 Å². The molecule has 1 saturated heterocycles. The second-order valence-corrected chi connectivity index (χ2v) is 3.53. The Morgan fingerprint density at radius 3 is 2.29 bits per heavy atom. The summed E-state index contributed by atoms with van der Waals surface area (Å²) in [6.07, 6.45) is 0. The zero-order chi connectivity index (χ0) is 12.5. The lowest BCUT2D eigenvalue weighted by molar-refractivity contribution is -0.564. The molecule has 0 saturated carbocycles. The summed E-state index contributed by atoms with van der Waals surface area (Å²) in [5.74, 6) is 0.326. The summed E-state index contributed by atoms with van der Waals surface area (Å²) in [5, 5.41) is 20.9. The fourth-order valence-electron chi connectivity index (χ4n) is 1.18. The van der Waals surface area contributed by atoms with Crippen LogP contribution in [-0.4, -0.2) is 28.8 Å². The molecule has 0 radical (unpaired) electrons. The molecular weight excluding hydrogens is 232 g/mol. The van der Waals surface area contributed by atoms with E-state index < -0.39 is 15.6 Å². The van der Waals surface area contributed by atoms with Gasteiger partial charge in [0, 0.05) is 12.1 Å². The molecular formula is C9H8N2O6. The summed E-state index contributed by atoms with van der Waals surface area (Å²) in [7, 11) is 0. The van der Waals surface area contributed by atoms with E-state index in [1.165, 1.54) is 24.3 Å². The number of hydrogen-bond donors (Lipinski definition) is 0. The highest BCUT2D eigenvalue weighted by molar-refractivity contribution is 5.36. The SMILES string of the molecule is O=[N+]([O-])c1ccc(OC[C@@]2([N+](=O)[O-])CO2)cc1. The lowest BCUT2D eigenvalue weighted by Gasteiger charge is -2.06. The van der Waals surface area contributed by atoms with Gasteiger partial charge in [-0.1, -0.05) is 0 Å². The Hall–Kier alpha value is -2.22. The third-order valence-electron chi connectivity index (χ3n) is 2.32. The summed E-state index contributed by atoms with van der Waals surface area (Å²) in [4.78, 5) is 19.9. The van der Waals surface area contributed by atoms with Crippen molar-refractivity contribution in [2.45, 2.75) is 5.72 Å². The number of non-ortho nitro benzene ring substituents is 1. The average molecular weight is 240 g/mol. The van der Waals surface area contributed by atoms with Gasteiger partial charge in [0.05, 0.1) is 9.85 Å². The molecule has 0 amide bonds. The van der Waals surface area contributed by atoms with E-state index >= 15 is 0 Å². The van der Waals surface area contributed by atoms with Crippen LogP contribution in [0.2, 0.25) is 0 Å². The zero-order valence-electron chi connectivity index (χ0n) is 8.57. The Kier molecular flexibility index (Phi) is 2.64. The highest BCUT2D eigenvalue weighted by Crippen LogP contribution is 2.28. The monoisotopic (exact) mass is 240 g/mol. The lowest BCUT2D eigenvalue weighted by Crippen LogP contribution is -2.30. The molecule has 17 heavy (non-hydrogen) atoms. The van der Waals surface area contributed by atoms with Crippen molar-refractivity contribution in [1.29, 1.82) is 0 Å². The molecule has 0 unspecified atom stereocenters. The van der Waals surface area contributed by atoms with Crippen LogP contribution in [0.3, 0.4) is 0 Å². The molecule has 1 fully saturated rings. The largest absolute Gasteiger partial charge is 0.483 e. The maximum absolute atomic E-state index is 10.6. The first kappa shape index (κ1) is 11.3. The van der Waals surface area contributed by atoms with Gasteiger partial charge in [0.25, 0.3) is 5.69 Å². The van der Waals surface area contributed by atoms with Crippen molar-refractivity contribution in [3.8, 4) is 5.75 Å². The number of nitrogens with zero attached hydrogens (tertiary/aromatic N) is 2. The second-order valence-electron chi connectivity index (χ2n) is 3.53. The molecule has 0 N–H and O–H groups in total. The molecule has 1 atom stereocenters. The highest BCUT2D eigenvalue weighted by atomic mass is 16.7. The maximum Gasteiger partial charge on any atom is 0.382 e. The number of nitro groups is 2. The predicted molar refractivity (Wildman–Crippen MR) is 54.3 cm³/mol. The van der Waals surface area contributed by atoms with Gasteiger partial charge < -0.3 is 4.74 Å². The highest BCUT2D eigenvalue weighted by Gasteiger charge is 2.59. The van der Waals surface area contributed by atoms with Gasteiger partial charge in [-0.3, -0.25) is 25.0 Å². The average Bonchev–Trinajstić information content (AvgIpc) is 3.08. The molecule has 0 bridgehead atoms. The molecule has 1 aliphatic heterocycles. The summed E-state index contributed by atoms with van der Waals surface area (Å²) in [6.45, 7) is -0.190. The summed E-state index contributed by atoms with van der Waals surface area (Å²) in [5.41, 5.74) is -1.51. The summed E-state index contributed by atoms with van der Waals surface area (Å²) < 4.78 is 9.85. The van der Waals surface area contributed by atoms with Gasteiger partial charge in [0.2, 0.25) is 0 Å². The first-order valence-corrected chi connectivity index (χ1v) is 4.69. The number of nitro benzene ring substituents is 1. The van der Waals surface area contributed by atoms with Crippen LogP contribution in [0.1, 0.15) is 0 Å². The first-order valence-electron chi connectivity index (χ1n) is 4.69. The van der Waals surface area contributed by atoms with E-state index in [1.807, 2.05) is 0 Å². The number of ether oxygens (including phenoxy) is 2. The number of benzene rings is 1. The van der Waals surface area contributed by atoms with Gasteiger partial charge >= 0.3 is 5.72 Å². The Labute approximate surface area is 95.1 Å². The fraction of sp³-hybridized carbons (Fsp3) is 0.333. The molecule has 8 nitrogen and oxygen atoms in total. The van der Waals surface area contributed by atoms with Crippen LogP contribution in [0.15, 0.2) is 24.3 Å². The van der Waals surface area contributed by atoms with Crippen molar-refractivity contribution in [3.63, 3.8) is 0 Å². The van der Waals surface area contributed by atoms with E-state index in [9.17, 15) is 20.2 Å². The van der Waals surface area contributed by atoms with Gasteiger partial charge in [-0.15, -0.1) is 0 Å². The number of rotatable bonds is 5. The maximum atomic E-state index is 10.6. The minimum absolute atomic E-state index is 0.0208. The van der Waals surface area contributed by atoms with Crippen molar-refractivity contribution in [3.05, 3.63) is 44.5 Å². The van der Waals surface area contributed by atoms with Crippen molar-refractivity contribution in [1.82, 2.24) is 0 Å². The molecule has 1 heterocycles. The predicted octanol–water partition coefficient (Wildman–Crippen LogP) is 0.977. The quantitative estimate of drug-likeness (QED) is 0.431. The Bertz CT molecular complexity index is 453. The minimum atomic E-state index is -1.44. The Morgan fingerprint density at radius 1 is 1.29 bits per heavy atom. The molecule has 90 valence electrons. The molecule has 2 rings (SSSR count). The summed E-state index contributed by atoms with van der Waals surface area (Å²) >= 11 is 0. The topological polar surface area (TPSA) is 108 Å². The van der Waals surface area contributed by atoms with E-state index in [1.54, 1.807) is 0 Å². The fourth-order valence-corrected chi connectivity index (χ4v) is 1.18. The molecule has 0 aromatic heterocycles. The van der Waals surface area contributed by atoms with Crippen LogP contribution in [-0.2, 0) is 4.74 Å². The van der Waals surface area contributed by atoms with Crippen LogP contribution in [0.5, 0.6) is 5.75 Å². The molecule has 1 aromatic rings. The van der Waals surface area contributed by atoms with Crippen LogP contribution in [0.4, 0.5) is 5.69 Å². The Morgan fingerprint density at radius 2 is 1.88 bits per heavy atom. The van der Waals surface area contributed by atoms with Crippen molar-refractivity contribution in [2.75, 3.05) is 13.2 Å². The van der Waals surface area contributed by atoms with Crippen molar-refractivity contribution >= 4 is 5.69 Å². The van der Waals surface area contributed by atoms with Crippen LogP contribution < -0.4 is 4.74 Å². The van der Waals surface area contributed by atoms with E-state index in [-0.39, 0.29) is 18.9 Å².